The highest BCUT2D eigenvalue weighted by Gasteiger charge is 2.22. The van der Waals surface area contributed by atoms with E-state index in [0.717, 1.165) is 11.1 Å². The molecule has 3 rings (SSSR count). The van der Waals surface area contributed by atoms with E-state index < -0.39 is 0 Å². The van der Waals surface area contributed by atoms with Gasteiger partial charge in [0.05, 0.1) is 13.7 Å². The number of rotatable bonds is 11. The summed E-state index contributed by atoms with van der Waals surface area (Å²) in [5, 5.41) is 3.95. The van der Waals surface area contributed by atoms with E-state index in [1.807, 2.05) is 48.5 Å². The van der Waals surface area contributed by atoms with Crippen LogP contribution in [0.3, 0.4) is 0 Å². The topological polar surface area (TPSA) is 85.1 Å². The van der Waals surface area contributed by atoms with Crippen molar-refractivity contribution in [2.45, 2.75) is 13.0 Å². The fourth-order valence-electron chi connectivity index (χ4n) is 3.33. The maximum absolute atomic E-state index is 13.1. The van der Waals surface area contributed by atoms with Gasteiger partial charge in [-0.3, -0.25) is 9.59 Å². The molecular formula is C25H29N3O5. The van der Waals surface area contributed by atoms with Crippen LogP contribution < -0.4 is 4.74 Å². The monoisotopic (exact) mass is 451 g/mol. The molecule has 0 unspecified atom stereocenters. The number of hydrogen-bond donors (Lipinski definition) is 0. The maximum atomic E-state index is 13.1. The quantitative estimate of drug-likeness (QED) is 0.444. The van der Waals surface area contributed by atoms with Crippen LogP contribution >= 0.6 is 0 Å². The van der Waals surface area contributed by atoms with Gasteiger partial charge in [-0.1, -0.05) is 47.6 Å². The summed E-state index contributed by atoms with van der Waals surface area (Å²) in [6.07, 6.45) is 0.194. The summed E-state index contributed by atoms with van der Waals surface area (Å²) in [4.78, 5) is 29.0. The van der Waals surface area contributed by atoms with Crippen molar-refractivity contribution in [2.75, 3.05) is 41.0 Å². The molecule has 2 aromatic carbocycles. The minimum Gasteiger partial charge on any atom is -0.497 e. The van der Waals surface area contributed by atoms with Crippen molar-refractivity contribution in [3.8, 4) is 17.1 Å². The molecule has 1 heterocycles. The molecule has 0 atom stereocenters. The lowest BCUT2D eigenvalue weighted by Crippen LogP contribution is -2.37. The van der Waals surface area contributed by atoms with E-state index in [9.17, 15) is 9.59 Å². The summed E-state index contributed by atoms with van der Waals surface area (Å²) in [6, 6.07) is 18.7. The largest absolute Gasteiger partial charge is 0.497 e. The molecule has 0 bridgehead atoms. The number of methoxy groups -OCH3 is 2. The third kappa shape index (κ3) is 6.66. The number of aromatic nitrogens is 1. The van der Waals surface area contributed by atoms with Crippen molar-refractivity contribution >= 4 is 11.8 Å². The number of carbonyl (C=O) groups excluding carboxylic acids is 2. The van der Waals surface area contributed by atoms with Crippen molar-refractivity contribution in [3.05, 3.63) is 71.9 Å². The summed E-state index contributed by atoms with van der Waals surface area (Å²) in [7, 11) is 4.91. The molecule has 0 saturated heterocycles. The SMILES string of the molecule is COCCN(CCC(=O)N(C)Cc1ccccc1)C(=O)c1cc(-c2cccc(OC)c2)on1. The number of benzene rings is 2. The average molecular weight is 452 g/mol. The van der Waals surface area contributed by atoms with Crippen LogP contribution in [-0.2, 0) is 16.1 Å². The lowest BCUT2D eigenvalue weighted by atomic mass is 10.1. The maximum Gasteiger partial charge on any atom is 0.276 e. The second-order valence-electron chi connectivity index (χ2n) is 7.58. The third-order valence-electron chi connectivity index (χ3n) is 5.22. The number of carbonyl (C=O) groups is 2. The predicted molar refractivity (Wildman–Crippen MR) is 124 cm³/mol. The molecule has 174 valence electrons. The van der Waals surface area contributed by atoms with Crippen LogP contribution in [0.15, 0.2) is 65.2 Å². The number of ether oxygens (including phenoxy) is 2. The standard InChI is InChI=1S/C25H29N3O5/c1-27(18-19-8-5-4-6-9-19)24(29)12-13-28(14-15-31-2)25(30)22-17-23(33-26-22)20-10-7-11-21(16-20)32-3/h4-11,16-17H,12-15,18H2,1-3H3. The van der Waals surface area contributed by atoms with Gasteiger partial charge in [0, 0.05) is 51.8 Å². The van der Waals surface area contributed by atoms with Gasteiger partial charge in [-0.2, -0.15) is 0 Å². The van der Waals surface area contributed by atoms with Crippen LogP contribution in [0.1, 0.15) is 22.5 Å². The second kappa shape index (κ2) is 11.8. The van der Waals surface area contributed by atoms with E-state index in [0.29, 0.717) is 31.2 Å². The van der Waals surface area contributed by atoms with Crippen molar-refractivity contribution in [2.24, 2.45) is 0 Å². The lowest BCUT2D eigenvalue weighted by Gasteiger charge is -2.23. The summed E-state index contributed by atoms with van der Waals surface area (Å²) >= 11 is 0. The molecule has 1 aromatic heterocycles. The number of nitrogens with zero attached hydrogens (tertiary/aromatic N) is 3. The smallest absolute Gasteiger partial charge is 0.276 e. The van der Waals surface area contributed by atoms with Gasteiger partial charge < -0.3 is 23.8 Å². The van der Waals surface area contributed by atoms with Gasteiger partial charge in [0.15, 0.2) is 11.5 Å². The highest BCUT2D eigenvalue weighted by Crippen LogP contribution is 2.25. The fraction of sp³-hybridized carbons (Fsp3) is 0.320. The van der Waals surface area contributed by atoms with Gasteiger partial charge in [-0.25, -0.2) is 0 Å². The van der Waals surface area contributed by atoms with Crippen LogP contribution in [0.4, 0.5) is 0 Å². The van der Waals surface area contributed by atoms with Crippen molar-refractivity contribution < 1.29 is 23.6 Å². The predicted octanol–water partition coefficient (Wildman–Crippen LogP) is 3.49. The van der Waals surface area contributed by atoms with Crippen LogP contribution in [-0.4, -0.2) is 67.7 Å². The molecule has 3 aromatic rings. The first kappa shape index (κ1) is 24.0. The molecule has 0 aliphatic carbocycles. The Morgan fingerprint density at radius 1 is 1.00 bits per heavy atom. The molecule has 0 fully saturated rings. The first-order chi connectivity index (χ1) is 16.0. The van der Waals surface area contributed by atoms with Crippen molar-refractivity contribution in [1.29, 1.82) is 0 Å². The van der Waals surface area contributed by atoms with Crippen LogP contribution in [0.25, 0.3) is 11.3 Å². The minimum absolute atomic E-state index is 0.0497. The highest BCUT2D eigenvalue weighted by molar-refractivity contribution is 5.93. The lowest BCUT2D eigenvalue weighted by molar-refractivity contribution is -0.130. The normalized spacial score (nSPS) is 10.6. The van der Waals surface area contributed by atoms with Crippen LogP contribution in [0.5, 0.6) is 5.75 Å². The average Bonchev–Trinajstić information content (AvgIpc) is 3.34. The summed E-state index contributed by atoms with van der Waals surface area (Å²) in [5.41, 5.74) is 1.98. The van der Waals surface area contributed by atoms with Gasteiger partial charge in [-0.15, -0.1) is 0 Å². The Labute approximate surface area is 193 Å². The second-order valence-corrected chi connectivity index (χ2v) is 7.58. The van der Waals surface area contributed by atoms with Crippen molar-refractivity contribution in [1.82, 2.24) is 15.0 Å². The minimum atomic E-state index is -0.316. The molecule has 8 heteroatoms. The highest BCUT2D eigenvalue weighted by atomic mass is 16.5. The Morgan fingerprint density at radius 3 is 2.52 bits per heavy atom. The zero-order valence-electron chi connectivity index (χ0n) is 19.2. The Balaban J connectivity index is 1.65. The van der Waals surface area contributed by atoms with Gasteiger partial charge in [0.1, 0.15) is 5.75 Å². The fourth-order valence-corrected chi connectivity index (χ4v) is 3.33. The zero-order chi connectivity index (χ0) is 23.6. The summed E-state index contributed by atoms with van der Waals surface area (Å²) < 4.78 is 15.8. The molecule has 0 aliphatic heterocycles. The summed E-state index contributed by atoms with van der Waals surface area (Å²) in [5.74, 6) is 0.772. The molecule has 33 heavy (non-hydrogen) atoms. The van der Waals surface area contributed by atoms with Crippen LogP contribution in [0.2, 0.25) is 0 Å². The first-order valence-electron chi connectivity index (χ1n) is 10.7. The molecule has 0 spiro atoms. The molecule has 2 amide bonds. The Bertz CT molecular complexity index is 1050. The summed E-state index contributed by atoms with van der Waals surface area (Å²) in [6.45, 7) is 1.45. The van der Waals surface area contributed by atoms with Gasteiger partial charge >= 0.3 is 0 Å². The van der Waals surface area contributed by atoms with Gasteiger partial charge in [0.2, 0.25) is 5.91 Å². The molecular weight excluding hydrogens is 422 g/mol. The Morgan fingerprint density at radius 2 is 1.79 bits per heavy atom. The molecule has 0 saturated carbocycles. The third-order valence-corrected chi connectivity index (χ3v) is 5.22. The number of hydrogen-bond acceptors (Lipinski definition) is 6. The molecule has 0 aliphatic rings. The van der Waals surface area contributed by atoms with E-state index in [1.165, 1.54) is 0 Å². The Hall–Kier alpha value is -3.65. The van der Waals surface area contributed by atoms with Crippen LogP contribution in [0, 0.1) is 0 Å². The van der Waals surface area contributed by atoms with Gasteiger partial charge in [-0.05, 0) is 17.7 Å². The van der Waals surface area contributed by atoms with E-state index in [-0.39, 0.29) is 30.5 Å². The first-order valence-corrected chi connectivity index (χ1v) is 10.7. The van der Waals surface area contributed by atoms with E-state index in [1.54, 1.807) is 43.2 Å². The van der Waals surface area contributed by atoms with Crippen molar-refractivity contribution in [3.63, 3.8) is 0 Å². The zero-order valence-corrected chi connectivity index (χ0v) is 19.2. The molecule has 0 radical (unpaired) electrons. The molecule has 8 nitrogen and oxygen atoms in total. The van der Waals surface area contributed by atoms with Gasteiger partial charge in [0.25, 0.3) is 5.91 Å². The van der Waals surface area contributed by atoms with E-state index in [2.05, 4.69) is 5.16 Å². The number of amides is 2. The Kier molecular flexibility index (Phi) is 8.60. The van der Waals surface area contributed by atoms with E-state index in [4.69, 9.17) is 14.0 Å². The molecule has 0 N–H and O–H groups in total. The van der Waals surface area contributed by atoms with E-state index >= 15 is 0 Å².